The van der Waals surface area contributed by atoms with E-state index in [2.05, 4.69) is 26.3 Å². The molecule has 0 bridgehead atoms. The molecule has 10 nitrogen and oxygen atoms in total. The highest BCUT2D eigenvalue weighted by Crippen LogP contribution is 2.52. The number of aliphatic hydroxyl groups is 1. The molecule has 2 aliphatic rings. The number of aliphatic imine (C=N–C) groups is 1. The molecule has 0 radical (unpaired) electrons. The second-order valence-corrected chi connectivity index (χ2v) is 11.9. The van der Waals surface area contributed by atoms with E-state index in [4.69, 9.17) is 0 Å². The minimum absolute atomic E-state index is 0.152. The highest BCUT2D eigenvalue weighted by atomic mass is 32.2. The van der Waals surface area contributed by atoms with Gasteiger partial charge >= 0.3 is 6.03 Å². The highest BCUT2D eigenvalue weighted by Gasteiger charge is 2.59. The summed E-state index contributed by atoms with van der Waals surface area (Å²) < 4.78 is 53.5. The third kappa shape index (κ3) is 6.61. The molecule has 1 atom stereocenters. The predicted octanol–water partition coefficient (Wildman–Crippen LogP) is 1.80. The van der Waals surface area contributed by atoms with Crippen LogP contribution >= 0.6 is 0 Å². The number of nitrogens with zero attached hydrogens (tertiary/aromatic N) is 2. The molecule has 1 aliphatic carbocycles. The molecular formula is C26H32F2N6O4S. The lowest BCUT2D eigenvalue weighted by Crippen LogP contribution is -2.43. The Balaban J connectivity index is 1.55. The van der Waals surface area contributed by atoms with Gasteiger partial charge in [-0.1, -0.05) is 0 Å². The van der Waals surface area contributed by atoms with E-state index in [1.54, 1.807) is 30.3 Å². The number of urea groups is 1. The van der Waals surface area contributed by atoms with Crippen molar-refractivity contribution in [1.82, 2.24) is 20.9 Å². The summed E-state index contributed by atoms with van der Waals surface area (Å²) in [6.07, 6.45) is 1.49. The van der Waals surface area contributed by atoms with Gasteiger partial charge in [-0.3, -0.25) is 5.32 Å². The number of carbonyl (C=O) groups is 1. The van der Waals surface area contributed by atoms with Crippen molar-refractivity contribution in [3.63, 3.8) is 0 Å². The van der Waals surface area contributed by atoms with Gasteiger partial charge in [0.2, 0.25) is 0 Å². The Morgan fingerprint density at radius 2 is 1.79 bits per heavy atom. The highest BCUT2D eigenvalue weighted by molar-refractivity contribution is 7.93. The van der Waals surface area contributed by atoms with Crippen LogP contribution in [0.4, 0.5) is 19.3 Å². The molecule has 2 aromatic carbocycles. The van der Waals surface area contributed by atoms with Crippen molar-refractivity contribution < 1.29 is 27.1 Å². The van der Waals surface area contributed by atoms with Crippen LogP contribution in [0.3, 0.4) is 0 Å². The second-order valence-electron chi connectivity index (χ2n) is 9.67. The van der Waals surface area contributed by atoms with Crippen molar-refractivity contribution >= 4 is 27.4 Å². The fourth-order valence-electron chi connectivity index (χ4n) is 4.25. The summed E-state index contributed by atoms with van der Waals surface area (Å²) >= 11 is 0. The number of aliphatic hydroxyl groups excluding tert-OH is 1. The van der Waals surface area contributed by atoms with Crippen LogP contribution in [-0.2, 0) is 9.84 Å². The molecule has 13 heteroatoms. The molecule has 0 spiro atoms. The maximum atomic E-state index is 13.9. The number of halogens is 2. The van der Waals surface area contributed by atoms with Gasteiger partial charge in [-0.25, -0.2) is 27.0 Å². The summed E-state index contributed by atoms with van der Waals surface area (Å²) in [6, 6.07) is 8.76. The summed E-state index contributed by atoms with van der Waals surface area (Å²) in [5.41, 5.74) is 1.52. The molecule has 0 saturated heterocycles. The van der Waals surface area contributed by atoms with Crippen LogP contribution in [0, 0.1) is 11.6 Å². The zero-order valence-corrected chi connectivity index (χ0v) is 22.5. The van der Waals surface area contributed by atoms with E-state index >= 15 is 0 Å². The van der Waals surface area contributed by atoms with Crippen molar-refractivity contribution in [3.05, 3.63) is 71.4 Å². The summed E-state index contributed by atoms with van der Waals surface area (Å²) in [5, 5.41) is 20.9. The minimum atomic E-state index is -4.16. The average Bonchev–Trinajstić information content (AvgIpc) is 3.70. The number of benzene rings is 2. The minimum Gasteiger partial charge on any atom is -0.395 e. The lowest BCUT2D eigenvalue weighted by molar-refractivity contribution is 0.250. The number of hydrogen-bond acceptors (Lipinski definition) is 8. The standard InChI is InChI=1S/C26H32F2N6O4S/c1-34(2)11-9-30-25(36)31-20-5-3-17(4-6-20)24-32-22(16-23(33-24)29-10-12-35)26(7-8-26)39(37,38)21-14-18(27)13-19(28)15-21/h3-6,13-16,23,29,35H,7-12H2,1-2H3,(H,32,33)(H2,30,31,36). The van der Waals surface area contributed by atoms with Crippen LogP contribution in [0.2, 0.25) is 0 Å². The van der Waals surface area contributed by atoms with Crippen LogP contribution in [0.5, 0.6) is 0 Å². The van der Waals surface area contributed by atoms with E-state index in [0.717, 1.165) is 12.1 Å². The smallest absolute Gasteiger partial charge is 0.319 e. The van der Waals surface area contributed by atoms with Gasteiger partial charge in [0.25, 0.3) is 0 Å². The summed E-state index contributed by atoms with van der Waals surface area (Å²) in [4.78, 5) is 18.2. The molecule has 2 amide bonds. The molecule has 2 aromatic rings. The molecule has 1 aliphatic heterocycles. The Kier molecular flexibility index (Phi) is 8.64. The van der Waals surface area contributed by atoms with E-state index < -0.39 is 37.3 Å². The first-order valence-corrected chi connectivity index (χ1v) is 13.9. The van der Waals surface area contributed by atoms with Crippen LogP contribution in [0.25, 0.3) is 0 Å². The van der Waals surface area contributed by atoms with Crippen LogP contribution in [0.15, 0.2) is 64.1 Å². The number of nitrogens with one attached hydrogen (secondary N) is 4. The molecule has 39 heavy (non-hydrogen) atoms. The largest absolute Gasteiger partial charge is 0.395 e. The van der Waals surface area contributed by atoms with Gasteiger partial charge in [0.1, 0.15) is 28.4 Å². The average molecular weight is 563 g/mol. The third-order valence-electron chi connectivity index (χ3n) is 6.43. The number of sulfone groups is 1. The molecule has 0 aromatic heterocycles. The Labute approximate surface area is 226 Å². The zero-order valence-electron chi connectivity index (χ0n) is 21.7. The first-order valence-electron chi connectivity index (χ1n) is 12.5. The molecular weight excluding hydrogens is 530 g/mol. The fraction of sp³-hybridized carbons (Fsp3) is 0.385. The monoisotopic (exact) mass is 562 g/mol. The Bertz CT molecular complexity index is 1360. The van der Waals surface area contributed by atoms with Crippen LogP contribution < -0.4 is 21.3 Å². The summed E-state index contributed by atoms with van der Waals surface area (Å²) in [5.74, 6) is -1.57. The van der Waals surface area contributed by atoms with Crippen molar-refractivity contribution in [2.45, 2.75) is 28.6 Å². The van der Waals surface area contributed by atoms with E-state index in [1.807, 2.05) is 19.0 Å². The summed E-state index contributed by atoms with van der Waals surface area (Å²) in [6.45, 7) is 1.25. The Morgan fingerprint density at radius 1 is 1.13 bits per heavy atom. The lowest BCUT2D eigenvalue weighted by Gasteiger charge is -2.28. The van der Waals surface area contributed by atoms with Gasteiger partial charge in [-0.05, 0) is 69.4 Å². The van der Waals surface area contributed by atoms with Gasteiger partial charge in [-0.15, -0.1) is 0 Å². The number of likely N-dealkylation sites (N-methyl/N-ethyl adjacent to an activating group) is 1. The molecule has 1 heterocycles. The van der Waals surface area contributed by atoms with E-state index in [-0.39, 0.29) is 32.0 Å². The quantitative estimate of drug-likeness (QED) is 0.282. The second kappa shape index (κ2) is 11.8. The third-order valence-corrected chi connectivity index (χ3v) is 8.94. The number of rotatable bonds is 11. The topological polar surface area (TPSA) is 135 Å². The molecule has 1 saturated carbocycles. The van der Waals surface area contributed by atoms with Crippen molar-refractivity contribution in [2.75, 3.05) is 45.7 Å². The van der Waals surface area contributed by atoms with Gasteiger partial charge in [0, 0.05) is 42.6 Å². The SMILES string of the molecule is CN(C)CCNC(=O)Nc1ccc(C2=NC(NCCO)C=C(C3(S(=O)(=O)c4cc(F)cc(F)c4)CC3)N2)cc1. The van der Waals surface area contributed by atoms with Crippen molar-refractivity contribution in [2.24, 2.45) is 4.99 Å². The zero-order chi connectivity index (χ0) is 28.2. The Hall–Kier alpha value is -3.39. The molecule has 4 rings (SSSR count). The van der Waals surface area contributed by atoms with E-state index in [1.165, 1.54) is 0 Å². The van der Waals surface area contributed by atoms with Gasteiger partial charge in [0.05, 0.1) is 11.5 Å². The Morgan fingerprint density at radius 3 is 2.38 bits per heavy atom. The maximum absolute atomic E-state index is 13.9. The van der Waals surface area contributed by atoms with Crippen LogP contribution in [-0.4, -0.2) is 81.5 Å². The first-order chi connectivity index (χ1) is 18.5. The maximum Gasteiger partial charge on any atom is 0.319 e. The van der Waals surface area contributed by atoms with E-state index in [9.17, 15) is 27.1 Å². The van der Waals surface area contributed by atoms with Gasteiger partial charge in [0.15, 0.2) is 9.84 Å². The summed E-state index contributed by atoms with van der Waals surface area (Å²) in [7, 11) is -0.337. The van der Waals surface area contributed by atoms with Crippen molar-refractivity contribution in [1.29, 1.82) is 0 Å². The van der Waals surface area contributed by atoms with Crippen LogP contribution in [0.1, 0.15) is 18.4 Å². The van der Waals surface area contributed by atoms with E-state index in [0.29, 0.717) is 41.9 Å². The molecule has 1 fully saturated rings. The number of hydrogen-bond donors (Lipinski definition) is 5. The first kappa shape index (κ1) is 28.6. The number of carbonyl (C=O) groups excluding carboxylic acids is 1. The fourth-order valence-corrected chi connectivity index (χ4v) is 6.29. The van der Waals surface area contributed by atoms with Gasteiger partial charge < -0.3 is 26.0 Å². The normalized spacial score (nSPS) is 18.2. The number of amidine groups is 1. The van der Waals surface area contributed by atoms with Crippen molar-refractivity contribution in [3.8, 4) is 0 Å². The molecule has 5 N–H and O–H groups in total. The molecule has 210 valence electrons. The number of anilines is 1. The molecule has 1 unspecified atom stereocenters. The predicted molar refractivity (Wildman–Crippen MR) is 144 cm³/mol. The lowest BCUT2D eigenvalue weighted by atomic mass is 10.1. The van der Waals surface area contributed by atoms with Gasteiger partial charge in [-0.2, -0.15) is 0 Å². The number of amides is 2.